The van der Waals surface area contributed by atoms with Gasteiger partial charge in [-0.2, -0.15) is 10.2 Å². The van der Waals surface area contributed by atoms with Crippen molar-refractivity contribution in [2.75, 3.05) is 13.1 Å². The van der Waals surface area contributed by atoms with E-state index in [1.54, 1.807) is 39.7 Å². The first kappa shape index (κ1) is 15.6. The quantitative estimate of drug-likeness (QED) is 0.756. The highest BCUT2D eigenvalue weighted by atomic mass is 16.5. The average Bonchev–Trinajstić information content (AvgIpc) is 3.27. The Morgan fingerprint density at radius 3 is 2.92 bits per heavy atom. The molecule has 0 unspecified atom stereocenters. The zero-order valence-corrected chi connectivity index (χ0v) is 14.0. The number of carbonyl (C=O) groups is 1. The van der Waals surface area contributed by atoms with Crippen LogP contribution in [0.15, 0.2) is 36.9 Å². The molecule has 0 bridgehead atoms. The van der Waals surface area contributed by atoms with Gasteiger partial charge in [-0.25, -0.2) is 4.52 Å². The minimum absolute atomic E-state index is 0.156. The smallest absolute Gasteiger partial charge is 0.257 e. The van der Waals surface area contributed by atoms with E-state index in [1.807, 2.05) is 25.3 Å². The summed E-state index contributed by atoms with van der Waals surface area (Å²) in [6.07, 6.45) is 5.49. The summed E-state index contributed by atoms with van der Waals surface area (Å²) in [6, 6.07) is 3.86. The molecule has 4 rings (SSSR count). The van der Waals surface area contributed by atoms with Crippen molar-refractivity contribution in [3.05, 3.63) is 48.0 Å². The van der Waals surface area contributed by atoms with Crippen LogP contribution < -0.4 is 4.74 Å². The molecule has 8 nitrogen and oxygen atoms in total. The molecule has 1 fully saturated rings. The number of hydrogen-bond acceptors (Lipinski definition) is 5. The van der Waals surface area contributed by atoms with Crippen LogP contribution in [0.4, 0.5) is 0 Å². The largest absolute Gasteiger partial charge is 0.482 e. The number of nitrogens with zero attached hydrogens (tertiary/aromatic N) is 5. The van der Waals surface area contributed by atoms with Gasteiger partial charge in [0.2, 0.25) is 0 Å². The molecule has 0 aliphatic carbocycles. The summed E-state index contributed by atoms with van der Waals surface area (Å²) in [4.78, 5) is 14.5. The highest BCUT2D eigenvalue weighted by molar-refractivity contribution is 6.00. The fourth-order valence-electron chi connectivity index (χ4n) is 3.09. The number of fused-ring (bicyclic) bond motifs is 1. The second-order valence-corrected chi connectivity index (χ2v) is 6.38. The van der Waals surface area contributed by atoms with E-state index in [1.165, 1.54) is 0 Å². The summed E-state index contributed by atoms with van der Waals surface area (Å²) in [5, 5.41) is 18.5. The molecule has 1 aliphatic heterocycles. The van der Waals surface area contributed by atoms with Crippen LogP contribution >= 0.6 is 0 Å². The van der Waals surface area contributed by atoms with Crippen molar-refractivity contribution in [2.45, 2.75) is 19.1 Å². The minimum atomic E-state index is -0.743. The average molecular weight is 341 g/mol. The summed E-state index contributed by atoms with van der Waals surface area (Å²) in [7, 11) is 1.79. The Morgan fingerprint density at radius 2 is 2.16 bits per heavy atom. The fourth-order valence-corrected chi connectivity index (χ4v) is 3.09. The Labute approximate surface area is 144 Å². The molecule has 0 spiro atoms. The van der Waals surface area contributed by atoms with Crippen molar-refractivity contribution in [2.24, 2.45) is 7.05 Å². The molecule has 1 N–H and O–H groups in total. The first-order valence-corrected chi connectivity index (χ1v) is 8.08. The molecule has 2 atom stereocenters. The number of amides is 1. The predicted molar refractivity (Wildman–Crippen MR) is 89.5 cm³/mol. The van der Waals surface area contributed by atoms with Gasteiger partial charge in [0.25, 0.3) is 5.91 Å². The summed E-state index contributed by atoms with van der Waals surface area (Å²) in [5.74, 6) is 0.421. The SMILES string of the molecule is Cc1ccn2ncc(C(=O)N3C[C@@H](O)[C@H](Oc4cnn(C)c4)C3)c2c1. The Bertz CT molecular complexity index is 931. The number of aryl methyl sites for hydroxylation is 2. The molecule has 1 amide bonds. The van der Waals surface area contributed by atoms with E-state index in [0.717, 1.165) is 11.1 Å². The Hall–Kier alpha value is -2.87. The molecular formula is C17H19N5O3. The first-order valence-electron chi connectivity index (χ1n) is 8.08. The third-order valence-electron chi connectivity index (χ3n) is 4.40. The van der Waals surface area contributed by atoms with Gasteiger partial charge < -0.3 is 14.7 Å². The normalized spacial score (nSPS) is 20.4. The molecule has 8 heteroatoms. The number of hydrogen-bond donors (Lipinski definition) is 1. The van der Waals surface area contributed by atoms with E-state index < -0.39 is 12.2 Å². The van der Waals surface area contributed by atoms with Gasteiger partial charge in [-0.15, -0.1) is 0 Å². The monoisotopic (exact) mass is 341 g/mol. The van der Waals surface area contributed by atoms with Crippen LogP contribution in [-0.4, -0.2) is 60.6 Å². The third-order valence-corrected chi connectivity index (χ3v) is 4.40. The predicted octanol–water partition coefficient (Wildman–Crippen LogP) is 0.641. The van der Waals surface area contributed by atoms with Gasteiger partial charge in [-0.3, -0.25) is 9.48 Å². The van der Waals surface area contributed by atoms with Crippen LogP contribution in [0.5, 0.6) is 5.75 Å². The molecule has 25 heavy (non-hydrogen) atoms. The minimum Gasteiger partial charge on any atom is -0.482 e. The number of aliphatic hydroxyl groups is 1. The lowest BCUT2D eigenvalue weighted by atomic mass is 10.2. The molecular weight excluding hydrogens is 322 g/mol. The standard InChI is InChI=1S/C17H19N5O3/c1-11-3-4-22-14(5-11)13(7-19-22)17(24)21-9-15(23)16(10-21)25-12-6-18-20(2)8-12/h3-8,15-16,23H,9-10H2,1-2H3/t15-,16-/m1/s1. The summed E-state index contributed by atoms with van der Waals surface area (Å²) in [5.41, 5.74) is 2.34. The summed E-state index contributed by atoms with van der Waals surface area (Å²) < 4.78 is 9.07. The van der Waals surface area contributed by atoms with Crippen LogP contribution in [0.3, 0.4) is 0 Å². The zero-order valence-electron chi connectivity index (χ0n) is 14.0. The number of β-amino-alcohol motifs (C(OH)–C–C–N with tert-alkyl or cyclic N) is 1. The second-order valence-electron chi connectivity index (χ2n) is 6.38. The molecule has 4 heterocycles. The molecule has 1 aliphatic rings. The van der Waals surface area contributed by atoms with E-state index in [0.29, 0.717) is 17.9 Å². The van der Waals surface area contributed by atoms with E-state index in [4.69, 9.17) is 4.74 Å². The molecule has 0 radical (unpaired) electrons. The van der Waals surface area contributed by atoms with Crippen LogP contribution in [0.1, 0.15) is 15.9 Å². The Kier molecular flexibility index (Phi) is 3.69. The van der Waals surface area contributed by atoms with Gasteiger partial charge in [0, 0.05) is 13.2 Å². The van der Waals surface area contributed by atoms with E-state index in [2.05, 4.69) is 10.2 Å². The number of likely N-dealkylation sites (tertiary alicyclic amines) is 1. The van der Waals surface area contributed by atoms with Crippen molar-refractivity contribution in [3.8, 4) is 5.75 Å². The first-order chi connectivity index (χ1) is 12.0. The number of pyridine rings is 1. The third kappa shape index (κ3) is 2.85. The number of carbonyl (C=O) groups excluding carboxylic acids is 1. The fraction of sp³-hybridized carbons (Fsp3) is 0.353. The van der Waals surface area contributed by atoms with Crippen LogP contribution in [0.2, 0.25) is 0 Å². The lowest BCUT2D eigenvalue weighted by molar-refractivity contribution is 0.0729. The molecule has 1 saturated heterocycles. The van der Waals surface area contributed by atoms with Crippen LogP contribution in [0, 0.1) is 6.92 Å². The molecule has 3 aromatic rings. The summed E-state index contributed by atoms with van der Waals surface area (Å²) in [6.45, 7) is 2.52. The van der Waals surface area contributed by atoms with Gasteiger partial charge >= 0.3 is 0 Å². The number of ether oxygens (including phenoxy) is 1. The molecule has 130 valence electrons. The maximum Gasteiger partial charge on any atom is 0.257 e. The maximum atomic E-state index is 12.9. The van der Waals surface area contributed by atoms with Crippen molar-refractivity contribution >= 4 is 11.4 Å². The zero-order chi connectivity index (χ0) is 17.6. The van der Waals surface area contributed by atoms with Gasteiger partial charge in [0.1, 0.15) is 12.2 Å². The van der Waals surface area contributed by atoms with Gasteiger partial charge in [0.15, 0.2) is 5.75 Å². The molecule has 3 aromatic heterocycles. The maximum absolute atomic E-state index is 12.9. The highest BCUT2D eigenvalue weighted by Gasteiger charge is 2.37. The Balaban J connectivity index is 1.53. The summed E-state index contributed by atoms with van der Waals surface area (Å²) >= 11 is 0. The van der Waals surface area contributed by atoms with Crippen molar-refractivity contribution in [1.82, 2.24) is 24.3 Å². The van der Waals surface area contributed by atoms with Gasteiger partial charge in [-0.05, 0) is 24.6 Å². The van der Waals surface area contributed by atoms with Gasteiger partial charge in [-0.1, -0.05) is 0 Å². The Morgan fingerprint density at radius 1 is 1.32 bits per heavy atom. The second kappa shape index (κ2) is 5.89. The number of aliphatic hydroxyl groups excluding tert-OH is 1. The van der Waals surface area contributed by atoms with Crippen molar-refractivity contribution < 1.29 is 14.6 Å². The molecule has 0 saturated carbocycles. The highest BCUT2D eigenvalue weighted by Crippen LogP contribution is 2.22. The van der Waals surface area contributed by atoms with E-state index in [9.17, 15) is 9.90 Å². The van der Waals surface area contributed by atoms with E-state index >= 15 is 0 Å². The van der Waals surface area contributed by atoms with Crippen LogP contribution in [-0.2, 0) is 7.05 Å². The number of rotatable bonds is 3. The van der Waals surface area contributed by atoms with Gasteiger partial charge in [0.05, 0.1) is 42.8 Å². The topological polar surface area (TPSA) is 84.9 Å². The molecule has 0 aromatic carbocycles. The van der Waals surface area contributed by atoms with Crippen molar-refractivity contribution in [1.29, 1.82) is 0 Å². The lowest BCUT2D eigenvalue weighted by Crippen LogP contribution is -2.31. The van der Waals surface area contributed by atoms with Crippen molar-refractivity contribution in [3.63, 3.8) is 0 Å². The van der Waals surface area contributed by atoms with E-state index in [-0.39, 0.29) is 12.5 Å². The lowest BCUT2D eigenvalue weighted by Gasteiger charge is -2.16. The van der Waals surface area contributed by atoms with Crippen LogP contribution in [0.25, 0.3) is 5.52 Å². The number of aromatic nitrogens is 4.